The predicted molar refractivity (Wildman–Crippen MR) is 74.5 cm³/mol. The van der Waals surface area contributed by atoms with Gasteiger partial charge in [-0.15, -0.1) is 5.10 Å². The van der Waals surface area contributed by atoms with Gasteiger partial charge in [0.15, 0.2) is 4.60 Å². The lowest BCUT2D eigenvalue weighted by Gasteiger charge is -2.13. The summed E-state index contributed by atoms with van der Waals surface area (Å²) in [6, 6.07) is 9.48. The minimum absolute atomic E-state index is 0.545. The molecule has 2 aromatic heterocycles. The Morgan fingerprint density at radius 1 is 1.26 bits per heavy atom. The summed E-state index contributed by atoms with van der Waals surface area (Å²) < 4.78 is 2.10. The normalized spacial score (nSPS) is 12.8. The smallest absolute Gasteiger partial charge is 0.154 e. The Morgan fingerprint density at radius 3 is 2.84 bits per heavy atom. The van der Waals surface area contributed by atoms with Gasteiger partial charge in [-0.05, 0) is 33.6 Å². The lowest BCUT2D eigenvalue weighted by Crippen LogP contribution is -2.08. The quantitative estimate of drug-likeness (QED) is 0.786. The number of aliphatic hydroxyl groups is 1. The largest absolute Gasteiger partial charge is 0.382 e. The zero-order valence-electron chi connectivity index (χ0n) is 10.2. The van der Waals surface area contributed by atoms with Crippen LogP contribution in [-0.4, -0.2) is 25.1 Å². The molecule has 2 heterocycles. The third-order valence-electron chi connectivity index (χ3n) is 3.06. The molecule has 1 aromatic carbocycles. The topological polar surface area (TPSA) is 63.8 Å². The maximum absolute atomic E-state index is 10.6. The van der Waals surface area contributed by atoms with Gasteiger partial charge in [0.25, 0.3) is 0 Å². The monoisotopic (exact) mass is 318 g/mol. The number of aryl methyl sites for hydroxylation is 1. The molecule has 1 atom stereocenters. The Labute approximate surface area is 118 Å². The van der Waals surface area contributed by atoms with Gasteiger partial charge in [0.1, 0.15) is 11.8 Å². The van der Waals surface area contributed by atoms with Crippen LogP contribution in [0.4, 0.5) is 0 Å². The van der Waals surface area contributed by atoms with Crippen LogP contribution in [0.1, 0.15) is 17.4 Å². The third-order valence-corrected chi connectivity index (χ3v) is 3.62. The molecule has 3 rings (SSSR count). The molecule has 0 fully saturated rings. The molecule has 0 radical (unpaired) electrons. The molecule has 96 valence electrons. The summed E-state index contributed by atoms with van der Waals surface area (Å²) in [5, 5.41) is 19.3. The highest BCUT2D eigenvalue weighted by Crippen LogP contribution is 2.30. The number of nitrogens with zero attached hydrogens (tertiary/aromatic N) is 4. The molecule has 0 saturated carbocycles. The molecule has 0 amide bonds. The van der Waals surface area contributed by atoms with Gasteiger partial charge in [-0.25, -0.2) is 4.68 Å². The van der Waals surface area contributed by atoms with Gasteiger partial charge in [0, 0.05) is 18.6 Å². The molecule has 6 heteroatoms. The first-order chi connectivity index (χ1) is 9.18. The van der Waals surface area contributed by atoms with E-state index in [1.165, 1.54) is 0 Å². The first kappa shape index (κ1) is 12.3. The minimum Gasteiger partial charge on any atom is -0.382 e. The lowest BCUT2D eigenvalue weighted by atomic mass is 10.0. The summed E-state index contributed by atoms with van der Waals surface area (Å²) in [6.45, 7) is 0. The van der Waals surface area contributed by atoms with E-state index in [4.69, 9.17) is 0 Å². The average Bonchev–Trinajstić information content (AvgIpc) is 2.77. The summed E-state index contributed by atoms with van der Waals surface area (Å²) >= 11 is 3.31. The summed E-state index contributed by atoms with van der Waals surface area (Å²) in [5.41, 5.74) is 2.26. The number of rotatable bonds is 2. The second-order valence-corrected chi connectivity index (χ2v) is 4.96. The lowest BCUT2D eigenvalue weighted by molar-refractivity contribution is 0.210. The summed E-state index contributed by atoms with van der Waals surface area (Å²) in [4.78, 5) is 4.29. The summed E-state index contributed by atoms with van der Waals surface area (Å²) in [5.74, 6) is 0. The van der Waals surface area contributed by atoms with Crippen LogP contribution >= 0.6 is 15.9 Å². The molecule has 1 unspecified atom stereocenters. The number of pyridine rings is 1. The highest BCUT2D eigenvalue weighted by Gasteiger charge is 2.21. The number of benzene rings is 1. The molecule has 0 bridgehead atoms. The summed E-state index contributed by atoms with van der Waals surface area (Å²) in [7, 11) is 1.75. The van der Waals surface area contributed by atoms with Gasteiger partial charge in [-0.2, -0.15) is 0 Å². The number of hydrogen-bond donors (Lipinski definition) is 1. The molecule has 19 heavy (non-hydrogen) atoms. The first-order valence-corrected chi connectivity index (χ1v) is 6.54. The zero-order chi connectivity index (χ0) is 13.4. The van der Waals surface area contributed by atoms with Crippen molar-refractivity contribution in [3.8, 4) is 0 Å². The van der Waals surface area contributed by atoms with Crippen LogP contribution in [0, 0.1) is 0 Å². The number of aromatic nitrogens is 4. The minimum atomic E-state index is -0.803. The van der Waals surface area contributed by atoms with E-state index < -0.39 is 6.10 Å². The van der Waals surface area contributed by atoms with Crippen molar-refractivity contribution < 1.29 is 5.11 Å². The number of aliphatic hydroxyl groups excluding tert-OH is 1. The highest BCUT2D eigenvalue weighted by atomic mass is 79.9. The van der Waals surface area contributed by atoms with Crippen molar-refractivity contribution in [2.75, 3.05) is 0 Å². The van der Waals surface area contributed by atoms with Gasteiger partial charge in [0.05, 0.1) is 5.52 Å². The highest BCUT2D eigenvalue weighted by molar-refractivity contribution is 9.10. The van der Waals surface area contributed by atoms with E-state index in [0.29, 0.717) is 10.3 Å². The second-order valence-electron chi connectivity index (χ2n) is 4.21. The van der Waals surface area contributed by atoms with Crippen molar-refractivity contribution in [1.82, 2.24) is 20.0 Å². The van der Waals surface area contributed by atoms with E-state index >= 15 is 0 Å². The Morgan fingerprint density at radius 2 is 2.11 bits per heavy atom. The van der Waals surface area contributed by atoms with Gasteiger partial charge in [-0.3, -0.25) is 4.98 Å². The third kappa shape index (κ3) is 2.02. The van der Waals surface area contributed by atoms with Crippen molar-refractivity contribution in [2.45, 2.75) is 6.10 Å². The molecule has 0 spiro atoms. The Kier molecular flexibility index (Phi) is 3.04. The fourth-order valence-corrected chi connectivity index (χ4v) is 2.69. The van der Waals surface area contributed by atoms with E-state index in [0.717, 1.165) is 16.5 Å². The SMILES string of the molecule is Cn1nnc(Br)c1C(O)c1cccc2ncccc12. The standard InChI is InChI=1S/C13H11BrN4O/c1-18-11(13(14)16-17-18)12(19)9-4-2-6-10-8(9)5-3-7-15-10/h2-7,12,19H,1H3. The molecule has 1 N–H and O–H groups in total. The molecule has 0 aliphatic carbocycles. The summed E-state index contributed by atoms with van der Waals surface area (Å²) in [6.07, 6.45) is 0.933. The maximum Gasteiger partial charge on any atom is 0.154 e. The van der Waals surface area contributed by atoms with Crippen molar-refractivity contribution in [3.05, 3.63) is 52.4 Å². The first-order valence-electron chi connectivity index (χ1n) is 5.75. The van der Waals surface area contributed by atoms with E-state index in [1.54, 1.807) is 17.9 Å². The van der Waals surface area contributed by atoms with Crippen LogP contribution in [0.15, 0.2) is 41.1 Å². The van der Waals surface area contributed by atoms with Gasteiger partial charge in [0.2, 0.25) is 0 Å². The van der Waals surface area contributed by atoms with E-state index in [9.17, 15) is 5.11 Å². The van der Waals surface area contributed by atoms with Crippen molar-refractivity contribution >= 4 is 26.8 Å². The van der Waals surface area contributed by atoms with Gasteiger partial charge in [-0.1, -0.05) is 23.4 Å². The Balaban J connectivity index is 2.20. The van der Waals surface area contributed by atoms with E-state index in [2.05, 4.69) is 31.2 Å². The van der Waals surface area contributed by atoms with Crippen molar-refractivity contribution in [3.63, 3.8) is 0 Å². The molecule has 0 aliphatic rings. The maximum atomic E-state index is 10.6. The number of fused-ring (bicyclic) bond motifs is 1. The number of hydrogen-bond acceptors (Lipinski definition) is 4. The van der Waals surface area contributed by atoms with Crippen molar-refractivity contribution in [1.29, 1.82) is 0 Å². The fourth-order valence-electron chi connectivity index (χ4n) is 2.14. The van der Waals surface area contributed by atoms with Crippen LogP contribution in [0.5, 0.6) is 0 Å². The Bertz CT molecular complexity index is 716. The van der Waals surface area contributed by atoms with E-state index in [-0.39, 0.29) is 0 Å². The molecule has 0 aliphatic heterocycles. The van der Waals surface area contributed by atoms with E-state index in [1.807, 2.05) is 30.3 Å². The zero-order valence-corrected chi connectivity index (χ0v) is 11.7. The average molecular weight is 319 g/mol. The molecular formula is C13H11BrN4O. The molecular weight excluding hydrogens is 308 g/mol. The van der Waals surface area contributed by atoms with Crippen LogP contribution in [0.25, 0.3) is 10.9 Å². The Hall–Kier alpha value is -1.79. The van der Waals surface area contributed by atoms with Gasteiger partial charge < -0.3 is 5.11 Å². The second kappa shape index (κ2) is 4.71. The molecule has 3 aromatic rings. The molecule has 0 saturated heterocycles. The van der Waals surface area contributed by atoms with Gasteiger partial charge >= 0.3 is 0 Å². The van der Waals surface area contributed by atoms with Crippen LogP contribution in [0.2, 0.25) is 0 Å². The van der Waals surface area contributed by atoms with Crippen LogP contribution in [0.3, 0.4) is 0 Å². The van der Waals surface area contributed by atoms with Crippen LogP contribution < -0.4 is 0 Å². The molecule has 5 nitrogen and oxygen atoms in total. The van der Waals surface area contributed by atoms with Crippen molar-refractivity contribution in [2.24, 2.45) is 7.05 Å². The number of halogens is 1. The van der Waals surface area contributed by atoms with Crippen LogP contribution in [-0.2, 0) is 7.05 Å². The predicted octanol–water partition coefficient (Wildman–Crippen LogP) is 2.21. The fraction of sp³-hybridized carbons (Fsp3) is 0.154.